The summed E-state index contributed by atoms with van der Waals surface area (Å²) < 4.78 is 11.5. The van der Waals surface area contributed by atoms with Crippen LogP contribution in [0.5, 0.6) is 11.5 Å². The second kappa shape index (κ2) is 11.3. The van der Waals surface area contributed by atoms with E-state index in [0.29, 0.717) is 39.8 Å². The fourth-order valence-corrected chi connectivity index (χ4v) is 3.96. The molecular formula is C24H26Cl2N4O4. The number of hydrogen-bond acceptors (Lipinski definition) is 5. The lowest BCUT2D eigenvalue weighted by atomic mass is 10.1. The highest BCUT2D eigenvalue weighted by molar-refractivity contribution is 6.38. The molecular weight excluding hydrogens is 479 g/mol. The SMILES string of the molecule is CCNC(=O)NCC(=O)N(C)c1ccc(Cl)c(COc2cccc3c(OC)cc(C)nc23)c1Cl. The Hall–Kier alpha value is -3.23. The molecule has 0 aliphatic carbocycles. The highest BCUT2D eigenvalue weighted by Crippen LogP contribution is 2.36. The normalized spacial score (nSPS) is 10.6. The fraction of sp³-hybridized carbons (Fsp3) is 0.292. The molecule has 180 valence electrons. The molecule has 0 spiro atoms. The van der Waals surface area contributed by atoms with E-state index >= 15 is 0 Å². The van der Waals surface area contributed by atoms with Crippen LogP contribution < -0.4 is 25.0 Å². The van der Waals surface area contributed by atoms with E-state index in [2.05, 4.69) is 15.6 Å². The number of likely N-dealkylation sites (N-methyl/N-ethyl adjacent to an activating group) is 1. The highest BCUT2D eigenvalue weighted by Gasteiger charge is 2.19. The Morgan fingerprint density at radius 1 is 1.12 bits per heavy atom. The number of pyridine rings is 1. The van der Waals surface area contributed by atoms with Crippen LogP contribution >= 0.6 is 23.2 Å². The Balaban J connectivity index is 1.83. The molecule has 3 rings (SSSR count). The summed E-state index contributed by atoms with van der Waals surface area (Å²) in [5, 5.41) is 6.58. The van der Waals surface area contributed by atoms with Crippen molar-refractivity contribution in [1.29, 1.82) is 0 Å². The van der Waals surface area contributed by atoms with Crippen molar-refractivity contribution in [2.45, 2.75) is 20.5 Å². The van der Waals surface area contributed by atoms with Crippen LogP contribution in [0, 0.1) is 6.92 Å². The van der Waals surface area contributed by atoms with Gasteiger partial charge >= 0.3 is 6.03 Å². The number of amides is 3. The molecule has 8 nitrogen and oxygen atoms in total. The van der Waals surface area contributed by atoms with Gasteiger partial charge < -0.3 is 25.0 Å². The van der Waals surface area contributed by atoms with Gasteiger partial charge in [-0.05, 0) is 38.1 Å². The average molecular weight is 505 g/mol. The molecule has 0 aliphatic heterocycles. The number of urea groups is 1. The van der Waals surface area contributed by atoms with E-state index < -0.39 is 6.03 Å². The van der Waals surface area contributed by atoms with E-state index in [0.717, 1.165) is 11.1 Å². The molecule has 2 N–H and O–H groups in total. The van der Waals surface area contributed by atoms with Crippen molar-refractivity contribution in [3.8, 4) is 11.5 Å². The number of nitrogens with one attached hydrogen (secondary N) is 2. The van der Waals surface area contributed by atoms with E-state index in [1.165, 1.54) is 4.90 Å². The van der Waals surface area contributed by atoms with Crippen LogP contribution in [0.4, 0.5) is 10.5 Å². The highest BCUT2D eigenvalue weighted by atomic mass is 35.5. The third-order valence-electron chi connectivity index (χ3n) is 5.12. The van der Waals surface area contributed by atoms with Crippen LogP contribution in [0.1, 0.15) is 18.2 Å². The number of fused-ring (bicyclic) bond motifs is 1. The lowest BCUT2D eigenvalue weighted by Gasteiger charge is -2.21. The summed E-state index contributed by atoms with van der Waals surface area (Å²) in [5.74, 6) is 0.906. The molecule has 34 heavy (non-hydrogen) atoms. The molecule has 3 aromatic rings. The van der Waals surface area contributed by atoms with Gasteiger partial charge in [0.2, 0.25) is 5.91 Å². The van der Waals surface area contributed by atoms with Gasteiger partial charge in [0, 0.05) is 41.3 Å². The van der Waals surface area contributed by atoms with Gasteiger partial charge in [-0.1, -0.05) is 29.3 Å². The molecule has 0 unspecified atom stereocenters. The lowest BCUT2D eigenvalue weighted by molar-refractivity contribution is -0.117. The molecule has 0 fully saturated rings. The Bertz CT molecular complexity index is 1220. The number of carbonyl (C=O) groups is 2. The first kappa shape index (κ1) is 25.4. The van der Waals surface area contributed by atoms with E-state index in [4.69, 9.17) is 32.7 Å². The Morgan fingerprint density at radius 2 is 1.88 bits per heavy atom. The standard InChI is InChI=1S/C24H26Cl2N4O4/c1-5-27-24(32)28-12-21(31)30(3)18-10-9-17(25)16(22(18)26)13-34-19-8-6-7-15-20(33-4)11-14(2)29-23(15)19/h6-11H,5,12-13H2,1-4H3,(H2,27,28,32). The number of methoxy groups -OCH3 is 1. The Kier molecular flexibility index (Phi) is 8.41. The van der Waals surface area contributed by atoms with Gasteiger partial charge in [-0.25, -0.2) is 9.78 Å². The smallest absolute Gasteiger partial charge is 0.315 e. The molecule has 0 saturated carbocycles. The molecule has 0 atom stereocenters. The van der Waals surface area contributed by atoms with E-state index in [1.807, 2.05) is 31.2 Å². The topological polar surface area (TPSA) is 92.8 Å². The Morgan fingerprint density at radius 3 is 2.59 bits per heavy atom. The number of ether oxygens (including phenoxy) is 2. The minimum atomic E-state index is -0.420. The van der Waals surface area contributed by atoms with E-state index in [9.17, 15) is 9.59 Å². The molecule has 10 heteroatoms. The summed E-state index contributed by atoms with van der Waals surface area (Å²) in [4.78, 5) is 30.1. The van der Waals surface area contributed by atoms with Gasteiger partial charge in [0.05, 0.1) is 24.4 Å². The largest absolute Gasteiger partial charge is 0.496 e. The molecule has 1 heterocycles. The maximum atomic E-state index is 12.6. The lowest BCUT2D eigenvalue weighted by Crippen LogP contribution is -2.42. The van der Waals surface area contributed by atoms with Crippen LogP contribution in [0.2, 0.25) is 10.0 Å². The fourth-order valence-electron chi connectivity index (χ4n) is 3.36. The van der Waals surface area contributed by atoms with Gasteiger partial charge in [-0.15, -0.1) is 0 Å². The number of para-hydroxylation sites is 1. The molecule has 3 amide bonds. The second-order valence-electron chi connectivity index (χ2n) is 7.43. The average Bonchev–Trinajstić information content (AvgIpc) is 2.81. The van der Waals surface area contributed by atoms with Crippen molar-refractivity contribution >= 4 is 51.7 Å². The molecule has 0 aliphatic rings. The number of rotatable bonds is 8. The molecule has 1 aromatic heterocycles. The zero-order chi connectivity index (χ0) is 24.8. The number of halogens is 2. The third kappa shape index (κ3) is 5.63. The monoisotopic (exact) mass is 504 g/mol. The predicted molar refractivity (Wildman–Crippen MR) is 134 cm³/mol. The number of aromatic nitrogens is 1. The minimum Gasteiger partial charge on any atom is -0.496 e. The molecule has 0 radical (unpaired) electrons. The van der Waals surface area contributed by atoms with Crippen LogP contribution in [0.25, 0.3) is 10.9 Å². The summed E-state index contributed by atoms with van der Waals surface area (Å²) in [6, 6.07) is 10.3. The van der Waals surface area contributed by atoms with Crippen LogP contribution in [0.3, 0.4) is 0 Å². The number of benzene rings is 2. The molecule has 2 aromatic carbocycles. The zero-order valence-corrected chi connectivity index (χ0v) is 20.9. The van der Waals surface area contributed by atoms with Crippen LogP contribution in [-0.4, -0.2) is 44.2 Å². The van der Waals surface area contributed by atoms with Crippen LogP contribution in [-0.2, 0) is 11.4 Å². The van der Waals surface area contributed by atoms with Gasteiger partial charge in [0.15, 0.2) is 0 Å². The van der Waals surface area contributed by atoms with Crippen LogP contribution in [0.15, 0.2) is 36.4 Å². The summed E-state index contributed by atoms with van der Waals surface area (Å²) >= 11 is 13.0. The quantitative estimate of drug-likeness (QED) is 0.462. The van der Waals surface area contributed by atoms with Crippen molar-refractivity contribution in [1.82, 2.24) is 15.6 Å². The first-order valence-corrected chi connectivity index (χ1v) is 11.3. The van der Waals surface area contributed by atoms with Gasteiger partial charge in [-0.2, -0.15) is 0 Å². The number of nitrogens with zero attached hydrogens (tertiary/aromatic N) is 2. The summed E-state index contributed by atoms with van der Waals surface area (Å²) in [7, 11) is 3.18. The van der Waals surface area contributed by atoms with Crippen molar-refractivity contribution in [3.05, 3.63) is 57.7 Å². The van der Waals surface area contributed by atoms with Crippen molar-refractivity contribution in [2.75, 3.05) is 32.1 Å². The van der Waals surface area contributed by atoms with Gasteiger partial charge in [-0.3, -0.25) is 4.79 Å². The van der Waals surface area contributed by atoms with Gasteiger partial charge in [0.1, 0.15) is 23.6 Å². The van der Waals surface area contributed by atoms with Crippen molar-refractivity contribution < 1.29 is 19.1 Å². The summed E-state index contributed by atoms with van der Waals surface area (Å²) in [6.45, 7) is 4.00. The maximum absolute atomic E-state index is 12.6. The van der Waals surface area contributed by atoms with Gasteiger partial charge in [0.25, 0.3) is 0 Å². The number of hydrogen-bond donors (Lipinski definition) is 2. The maximum Gasteiger partial charge on any atom is 0.315 e. The third-order valence-corrected chi connectivity index (χ3v) is 5.90. The number of carbonyl (C=O) groups excluding carboxylic acids is 2. The van der Waals surface area contributed by atoms with Crippen molar-refractivity contribution in [2.24, 2.45) is 0 Å². The number of aryl methyl sites for hydroxylation is 1. The first-order chi connectivity index (χ1) is 16.3. The number of anilines is 1. The first-order valence-electron chi connectivity index (χ1n) is 10.6. The second-order valence-corrected chi connectivity index (χ2v) is 8.22. The Labute approximate surface area is 208 Å². The summed E-state index contributed by atoms with van der Waals surface area (Å²) in [5.41, 5.74) is 2.42. The zero-order valence-electron chi connectivity index (χ0n) is 19.4. The summed E-state index contributed by atoms with van der Waals surface area (Å²) in [6.07, 6.45) is 0. The molecule has 0 bridgehead atoms. The minimum absolute atomic E-state index is 0.0573. The van der Waals surface area contributed by atoms with Crippen molar-refractivity contribution in [3.63, 3.8) is 0 Å². The van der Waals surface area contributed by atoms with E-state index in [-0.39, 0.29) is 24.1 Å². The molecule has 0 saturated heterocycles. The van der Waals surface area contributed by atoms with E-state index in [1.54, 1.807) is 33.2 Å². The predicted octanol–water partition coefficient (Wildman–Crippen LogP) is 4.72.